The van der Waals surface area contributed by atoms with Gasteiger partial charge in [-0.2, -0.15) is 0 Å². The number of nitrogens with zero attached hydrogens (tertiary/aromatic N) is 2. The number of hydrogen-bond acceptors (Lipinski definition) is 5. The van der Waals surface area contributed by atoms with E-state index in [4.69, 9.17) is 4.42 Å². The maximum atomic E-state index is 12.7. The van der Waals surface area contributed by atoms with E-state index in [2.05, 4.69) is 4.98 Å². The Morgan fingerprint density at radius 3 is 2.79 bits per heavy atom. The fourth-order valence-electron chi connectivity index (χ4n) is 2.42. The third kappa shape index (κ3) is 3.72. The molecule has 0 bridgehead atoms. The van der Waals surface area contributed by atoms with Crippen molar-refractivity contribution in [2.45, 2.75) is 13.5 Å². The van der Waals surface area contributed by atoms with Crippen LogP contribution in [-0.2, 0) is 6.54 Å². The van der Waals surface area contributed by atoms with Crippen LogP contribution in [0.25, 0.3) is 11.5 Å². The fourth-order valence-corrected chi connectivity index (χ4v) is 3.02. The van der Waals surface area contributed by atoms with Crippen LogP contribution in [0.4, 0.5) is 0 Å². The molecule has 0 saturated heterocycles. The van der Waals surface area contributed by atoms with Crippen molar-refractivity contribution in [3.05, 3.63) is 64.2 Å². The summed E-state index contributed by atoms with van der Waals surface area (Å²) in [6.45, 7) is 2.54. The van der Waals surface area contributed by atoms with Crippen LogP contribution >= 0.6 is 11.3 Å². The lowest BCUT2D eigenvalue weighted by atomic mass is 10.2. The number of carbonyl (C=O) groups is 1. The van der Waals surface area contributed by atoms with Gasteiger partial charge in [-0.15, -0.1) is 11.3 Å². The lowest BCUT2D eigenvalue weighted by molar-refractivity contribution is 0.0707. The zero-order valence-electron chi connectivity index (χ0n) is 13.3. The summed E-state index contributed by atoms with van der Waals surface area (Å²) >= 11 is 1.53. The molecule has 0 radical (unpaired) electrons. The Kier molecular flexibility index (Phi) is 5.08. The lowest BCUT2D eigenvalue weighted by Crippen LogP contribution is -2.32. The van der Waals surface area contributed by atoms with E-state index >= 15 is 0 Å². The highest BCUT2D eigenvalue weighted by molar-refractivity contribution is 7.09. The Labute approximate surface area is 144 Å². The number of amides is 1. The first-order chi connectivity index (χ1) is 11.7. The highest BCUT2D eigenvalue weighted by atomic mass is 32.1. The first kappa shape index (κ1) is 16.4. The Hall–Kier alpha value is -2.44. The molecule has 0 aliphatic heterocycles. The van der Waals surface area contributed by atoms with Gasteiger partial charge in [-0.25, -0.2) is 4.98 Å². The summed E-state index contributed by atoms with van der Waals surface area (Å²) in [5.74, 6) is 0.404. The molecule has 0 aliphatic carbocycles. The molecule has 24 heavy (non-hydrogen) atoms. The molecule has 1 aromatic carbocycles. The molecule has 0 saturated carbocycles. The second-order valence-corrected chi connectivity index (χ2v) is 6.45. The molecule has 2 aromatic heterocycles. The van der Waals surface area contributed by atoms with Crippen molar-refractivity contribution in [2.24, 2.45) is 0 Å². The van der Waals surface area contributed by atoms with Crippen molar-refractivity contribution in [1.29, 1.82) is 0 Å². The van der Waals surface area contributed by atoms with Gasteiger partial charge >= 0.3 is 0 Å². The minimum Gasteiger partial charge on any atom is -0.462 e. The van der Waals surface area contributed by atoms with Crippen molar-refractivity contribution in [2.75, 3.05) is 13.2 Å². The van der Waals surface area contributed by atoms with Crippen LogP contribution in [0.1, 0.15) is 20.9 Å². The van der Waals surface area contributed by atoms with E-state index in [1.54, 1.807) is 11.0 Å². The monoisotopic (exact) mass is 342 g/mol. The van der Waals surface area contributed by atoms with Gasteiger partial charge in [0.1, 0.15) is 12.0 Å². The van der Waals surface area contributed by atoms with Crippen LogP contribution in [0.2, 0.25) is 0 Å². The topological polar surface area (TPSA) is 66.6 Å². The molecule has 124 valence electrons. The van der Waals surface area contributed by atoms with E-state index in [-0.39, 0.29) is 19.1 Å². The lowest BCUT2D eigenvalue weighted by Gasteiger charge is -2.21. The maximum Gasteiger partial charge on any atom is 0.257 e. The molecule has 1 N–H and O–H groups in total. The maximum absolute atomic E-state index is 12.7. The summed E-state index contributed by atoms with van der Waals surface area (Å²) in [5.41, 5.74) is 2.20. The number of aryl methyl sites for hydroxylation is 1. The minimum atomic E-state index is -0.171. The largest absolute Gasteiger partial charge is 0.462 e. The molecular formula is C18H18N2O3S. The van der Waals surface area contributed by atoms with E-state index in [1.165, 1.54) is 17.6 Å². The van der Waals surface area contributed by atoms with Crippen LogP contribution in [0.15, 0.2) is 52.5 Å². The summed E-state index contributed by atoms with van der Waals surface area (Å²) in [7, 11) is 0. The summed E-state index contributed by atoms with van der Waals surface area (Å²) in [6, 6.07) is 11.4. The van der Waals surface area contributed by atoms with Crippen molar-refractivity contribution < 1.29 is 14.3 Å². The number of hydrogen-bond donors (Lipinski definition) is 1. The van der Waals surface area contributed by atoms with Crippen molar-refractivity contribution >= 4 is 17.2 Å². The van der Waals surface area contributed by atoms with E-state index in [1.807, 2.05) is 42.6 Å². The minimum absolute atomic E-state index is 0.0887. The SMILES string of the molecule is Cc1nc(-c2cc(C(=O)N(CCO)Cc3ccccc3)co2)cs1. The van der Waals surface area contributed by atoms with Gasteiger partial charge in [0.15, 0.2) is 5.76 Å². The number of aliphatic hydroxyl groups excluding tert-OH is 1. The highest BCUT2D eigenvalue weighted by Crippen LogP contribution is 2.24. The van der Waals surface area contributed by atoms with Crippen molar-refractivity contribution in [1.82, 2.24) is 9.88 Å². The van der Waals surface area contributed by atoms with E-state index in [0.29, 0.717) is 17.9 Å². The predicted octanol–water partition coefficient (Wildman–Crippen LogP) is 3.35. The molecule has 6 heteroatoms. The molecule has 1 amide bonds. The number of benzene rings is 1. The van der Waals surface area contributed by atoms with Gasteiger partial charge in [-0.3, -0.25) is 4.79 Å². The number of rotatable bonds is 6. The Morgan fingerprint density at radius 1 is 1.33 bits per heavy atom. The molecule has 0 fully saturated rings. The zero-order chi connectivity index (χ0) is 16.9. The van der Waals surface area contributed by atoms with Crippen LogP contribution in [-0.4, -0.2) is 34.0 Å². The third-order valence-corrected chi connectivity index (χ3v) is 4.36. The zero-order valence-corrected chi connectivity index (χ0v) is 14.1. The number of furan rings is 1. The predicted molar refractivity (Wildman–Crippen MR) is 92.8 cm³/mol. The van der Waals surface area contributed by atoms with Gasteiger partial charge in [0, 0.05) is 18.5 Å². The van der Waals surface area contributed by atoms with Gasteiger partial charge in [0.2, 0.25) is 0 Å². The molecule has 0 unspecified atom stereocenters. The van der Waals surface area contributed by atoms with Crippen LogP contribution in [0.5, 0.6) is 0 Å². The Bertz CT molecular complexity index is 811. The normalized spacial score (nSPS) is 10.8. The molecule has 0 atom stereocenters. The quantitative estimate of drug-likeness (QED) is 0.746. The van der Waals surface area contributed by atoms with E-state index < -0.39 is 0 Å². The smallest absolute Gasteiger partial charge is 0.257 e. The van der Waals surface area contributed by atoms with Gasteiger partial charge < -0.3 is 14.4 Å². The first-order valence-corrected chi connectivity index (χ1v) is 8.50. The molecule has 0 spiro atoms. The average molecular weight is 342 g/mol. The summed E-state index contributed by atoms with van der Waals surface area (Å²) < 4.78 is 5.50. The Morgan fingerprint density at radius 2 is 2.12 bits per heavy atom. The van der Waals surface area contributed by atoms with Gasteiger partial charge in [-0.05, 0) is 18.6 Å². The number of carbonyl (C=O) groups excluding carboxylic acids is 1. The molecule has 5 nitrogen and oxygen atoms in total. The molecular weight excluding hydrogens is 324 g/mol. The van der Waals surface area contributed by atoms with Gasteiger partial charge in [0.05, 0.1) is 17.2 Å². The average Bonchev–Trinajstić information content (AvgIpc) is 3.23. The number of aliphatic hydroxyl groups is 1. The fraction of sp³-hybridized carbons (Fsp3) is 0.222. The second-order valence-electron chi connectivity index (χ2n) is 5.39. The second kappa shape index (κ2) is 7.42. The molecule has 2 heterocycles. The molecule has 0 aliphatic rings. The van der Waals surface area contributed by atoms with Gasteiger partial charge in [0.25, 0.3) is 5.91 Å². The number of aromatic nitrogens is 1. The number of thiazole rings is 1. The third-order valence-electron chi connectivity index (χ3n) is 3.59. The van der Waals surface area contributed by atoms with Crippen LogP contribution < -0.4 is 0 Å². The first-order valence-electron chi connectivity index (χ1n) is 7.62. The summed E-state index contributed by atoms with van der Waals surface area (Å²) in [5, 5.41) is 12.1. The van der Waals surface area contributed by atoms with Crippen molar-refractivity contribution in [3.8, 4) is 11.5 Å². The van der Waals surface area contributed by atoms with E-state index in [9.17, 15) is 9.90 Å². The Balaban J connectivity index is 1.79. The van der Waals surface area contributed by atoms with Crippen molar-refractivity contribution in [3.63, 3.8) is 0 Å². The summed E-state index contributed by atoms with van der Waals surface area (Å²) in [6.07, 6.45) is 1.45. The standard InChI is InChI=1S/C18H18N2O3S/c1-13-19-16(12-24-13)17-9-15(11-23-17)18(22)20(7-8-21)10-14-5-3-2-4-6-14/h2-6,9,11-12,21H,7-8,10H2,1H3. The molecule has 3 rings (SSSR count). The van der Waals surface area contributed by atoms with Gasteiger partial charge in [-0.1, -0.05) is 30.3 Å². The van der Waals surface area contributed by atoms with Crippen LogP contribution in [0, 0.1) is 6.92 Å². The summed E-state index contributed by atoms with van der Waals surface area (Å²) in [4.78, 5) is 18.7. The molecule has 3 aromatic rings. The highest BCUT2D eigenvalue weighted by Gasteiger charge is 2.19. The van der Waals surface area contributed by atoms with Crippen LogP contribution in [0.3, 0.4) is 0 Å². The van der Waals surface area contributed by atoms with E-state index in [0.717, 1.165) is 16.3 Å².